The smallest absolute Gasteiger partial charge is 0.305 e. The van der Waals surface area contributed by atoms with Crippen molar-refractivity contribution in [2.75, 3.05) is 6.61 Å². The number of hydrogen-bond donors (Lipinski definition) is 3. The summed E-state index contributed by atoms with van der Waals surface area (Å²) in [6.45, 7) is 9.51. The molecular formula is C28H48O5. The Morgan fingerprint density at radius 2 is 1.82 bits per heavy atom. The molecule has 0 radical (unpaired) electrons. The maximum absolute atomic E-state index is 12.2. The molecule has 5 nitrogen and oxygen atoms in total. The second-order valence-electron chi connectivity index (χ2n) is 12.6. The Kier molecular flexibility index (Phi) is 7.54. The second kappa shape index (κ2) is 9.78. The molecule has 11 atom stereocenters. The minimum atomic E-state index is -0.371. The van der Waals surface area contributed by atoms with Gasteiger partial charge in [-0.15, -0.1) is 0 Å². The lowest BCUT2D eigenvalue weighted by Gasteiger charge is -2.63. The number of carbonyl (C=O) groups excluding carboxylic acids is 1. The number of fused-ring (bicyclic) bond motifs is 5. The van der Waals surface area contributed by atoms with Gasteiger partial charge in [0.25, 0.3) is 0 Å². The molecule has 0 aromatic carbocycles. The van der Waals surface area contributed by atoms with E-state index in [0.717, 1.165) is 64.2 Å². The first kappa shape index (κ1) is 25.4. The number of unbranched alkanes of at least 4 members (excludes halogenated alkanes) is 1. The van der Waals surface area contributed by atoms with Crippen molar-refractivity contribution in [3.8, 4) is 0 Å². The molecule has 11 unspecified atom stereocenters. The van der Waals surface area contributed by atoms with Crippen LogP contribution < -0.4 is 0 Å². The highest BCUT2D eigenvalue weighted by Crippen LogP contribution is 2.68. The first-order chi connectivity index (χ1) is 15.6. The van der Waals surface area contributed by atoms with Gasteiger partial charge in [0.2, 0.25) is 0 Å². The number of carbonyl (C=O) groups is 1. The zero-order valence-corrected chi connectivity index (χ0v) is 21.3. The highest BCUT2D eigenvalue weighted by molar-refractivity contribution is 5.69. The van der Waals surface area contributed by atoms with Gasteiger partial charge in [0.15, 0.2) is 0 Å². The summed E-state index contributed by atoms with van der Waals surface area (Å²) in [5, 5.41) is 33.3. The summed E-state index contributed by atoms with van der Waals surface area (Å²) in [4.78, 5) is 12.2. The van der Waals surface area contributed by atoms with E-state index in [9.17, 15) is 20.1 Å². The standard InChI is InChI=1S/C28H48O5/c1-5-6-13-33-25(32)10-7-17(2)20-8-9-21-26-22(16-24(31)28(20,21)4)27(3)12-11-19(29)14-18(27)15-23(26)30/h17-24,26,29-31H,5-16H2,1-4H3. The van der Waals surface area contributed by atoms with Crippen molar-refractivity contribution in [3.05, 3.63) is 0 Å². The number of esters is 1. The molecule has 33 heavy (non-hydrogen) atoms. The van der Waals surface area contributed by atoms with Crippen LogP contribution in [-0.2, 0) is 9.53 Å². The quantitative estimate of drug-likeness (QED) is 0.375. The SMILES string of the molecule is CCCCOC(=O)CCC(C)C1CCC2C3C(O)CC4CC(O)CCC4(C)C3CC(O)C12C. The predicted octanol–water partition coefficient (Wildman–Crippen LogP) is 4.71. The van der Waals surface area contributed by atoms with Gasteiger partial charge in [-0.3, -0.25) is 4.79 Å². The monoisotopic (exact) mass is 464 g/mol. The van der Waals surface area contributed by atoms with Crippen LogP contribution in [0.1, 0.15) is 98.3 Å². The second-order valence-corrected chi connectivity index (χ2v) is 12.6. The van der Waals surface area contributed by atoms with Crippen LogP contribution in [-0.4, -0.2) is 46.2 Å². The van der Waals surface area contributed by atoms with Gasteiger partial charge >= 0.3 is 5.97 Å². The van der Waals surface area contributed by atoms with Crippen molar-refractivity contribution in [2.45, 2.75) is 117 Å². The summed E-state index contributed by atoms with van der Waals surface area (Å²) >= 11 is 0. The summed E-state index contributed by atoms with van der Waals surface area (Å²) in [5.41, 5.74) is -0.0948. The highest BCUT2D eigenvalue weighted by atomic mass is 16.5. The van der Waals surface area contributed by atoms with E-state index in [1.807, 2.05) is 0 Å². The molecule has 0 aromatic heterocycles. The van der Waals surface area contributed by atoms with Crippen molar-refractivity contribution < 1.29 is 24.9 Å². The number of aliphatic hydroxyl groups is 3. The van der Waals surface area contributed by atoms with Crippen molar-refractivity contribution in [1.82, 2.24) is 0 Å². The number of rotatable bonds is 7. The van der Waals surface area contributed by atoms with Crippen molar-refractivity contribution in [2.24, 2.45) is 46.3 Å². The molecule has 3 N–H and O–H groups in total. The fourth-order valence-corrected chi connectivity index (χ4v) is 9.08. The van der Waals surface area contributed by atoms with Crippen LogP contribution in [0.2, 0.25) is 0 Å². The van der Waals surface area contributed by atoms with E-state index in [-0.39, 0.29) is 41.0 Å². The van der Waals surface area contributed by atoms with Gasteiger partial charge in [0, 0.05) is 6.42 Å². The lowest BCUT2D eigenvalue weighted by atomic mass is 9.43. The number of aliphatic hydroxyl groups excluding tert-OH is 3. The van der Waals surface area contributed by atoms with Gasteiger partial charge in [-0.2, -0.15) is 0 Å². The summed E-state index contributed by atoms with van der Waals surface area (Å²) in [6, 6.07) is 0. The number of ether oxygens (including phenoxy) is 1. The largest absolute Gasteiger partial charge is 0.466 e. The fourth-order valence-electron chi connectivity index (χ4n) is 9.08. The van der Waals surface area contributed by atoms with Gasteiger partial charge in [0.1, 0.15) is 0 Å². The summed E-state index contributed by atoms with van der Waals surface area (Å²) in [6.07, 6.45) is 8.58. The Morgan fingerprint density at radius 1 is 1.06 bits per heavy atom. The van der Waals surface area contributed by atoms with Crippen molar-refractivity contribution in [1.29, 1.82) is 0 Å². The molecule has 190 valence electrons. The maximum Gasteiger partial charge on any atom is 0.305 e. The van der Waals surface area contributed by atoms with Gasteiger partial charge in [-0.05, 0) is 104 Å². The molecule has 4 aliphatic rings. The van der Waals surface area contributed by atoms with Crippen LogP contribution in [0.4, 0.5) is 0 Å². The first-order valence-electron chi connectivity index (χ1n) is 13.8. The Balaban J connectivity index is 1.47. The van der Waals surface area contributed by atoms with E-state index in [2.05, 4.69) is 27.7 Å². The van der Waals surface area contributed by atoms with E-state index < -0.39 is 0 Å². The van der Waals surface area contributed by atoms with Crippen LogP contribution >= 0.6 is 0 Å². The van der Waals surface area contributed by atoms with Gasteiger partial charge in [-0.25, -0.2) is 0 Å². The van der Waals surface area contributed by atoms with Crippen LogP contribution in [0.25, 0.3) is 0 Å². The minimum Gasteiger partial charge on any atom is -0.466 e. The van der Waals surface area contributed by atoms with Crippen molar-refractivity contribution in [3.63, 3.8) is 0 Å². The highest BCUT2D eigenvalue weighted by Gasteiger charge is 2.65. The van der Waals surface area contributed by atoms with E-state index >= 15 is 0 Å². The molecule has 0 heterocycles. The van der Waals surface area contributed by atoms with E-state index in [0.29, 0.717) is 42.6 Å². The first-order valence-corrected chi connectivity index (χ1v) is 13.8. The Bertz CT molecular complexity index is 696. The molecule has 4 saturated carbocycles. The summed E-state index contributed by atoms with van der Waals surface area (Å²) in [7, 11) is 0. The molecule has 0 saturated heterocycles. The van der Waals surface area contributed by atoms with Gasteiger partial charge in [0.05, 0.1) is 24.9 Å². The third-order valence-electron chi connectivity index (χ3n) is 11.1. The molecule has 0 aromatic rings. The van der Waals surface area contributed by atoms with Crippen LogP contribution in [0.15, 0.2) is 0 Å². The summed E-state index contributed by atoms with van der Waals surface area (Å²) in [5.74, 6) is 1.87. The molecule has 0 spiro atoms. The molecule has 4 aliphatic carbocycles. The predicted molar refractivity (Wildman–Crippen MR) is 128 cm³/mol. The molecule has 0 bridgehead atoms. The van der Waals surface area contributed by atoms with Gasteiger partial charge in [-0.1, -0.05) is 34.1 Å². The Labute approximate surface area is 200 Å². The Hall–Kier alpha value is -0.650. The third kappa shape index (κ3) is 4.40. The average molecular weight is 465 g/mol. The van der Waals surface area contributed by atoms with Crippen LogP contribution in [0, 0.1) is 46.3 Å². The van der Waals surface area contributed by atoms with Crippen LogP contribution in [0.3, 0.4) is 0 Å². The lowest BCUT2D eigenvalue weighted by molar-refractivity contribution is -0.207. The molecule has 0 aliphatic heterocycles. The zero-order valence-electron chi connectivity index (χ0n) is 21.3. The zero-order chi connectivity index (χ0) is 24.0. The molecule has 4 fully saturated rings. The molecule has 5 heteroatoms. The molecular weight excluding hydrogens is 416 g/mol. The Morgan fingerprint density at radius 3 is 2.55 bits per heavy atom. The van der Waals surface area contributed by atoms with E-state index in [1.165, 1.54) is 0 Å². The normalized spacial score (nSPS) is 47.8. The minimum absolute atomic E-state index is 0.0968. The van der Waals surface area contributed by atoms with Crippen LogP contribution in [0.5, 0.6) is 0 Å². The van der Waals surface area contributed by atoms with E-state index in [4.69, 9.17) is 4.74 Å². The fraction of sp³-hybridized carbons (Fsp3) is 0.964. The maximum atomic E-state index is 12.2. The van der Waals surface area contributed by atoms with Gasteiger partial charge < -0.3 is 20.1 Å². The lowest BCUT2D eigenvalue weighted by Crippen LogP contribution is -2.62. The third-order valence-corrected chi connectivity index (χ3v) is 11.1. The van der Waals surface area contributed by atoms with E-state index in [1.54, 1.807) is 0 Å². The molecule has 0 amide bonds. The summed E-state index contributed by atoms with van der Waals surface area (Å²) < 4.78 is 5.36. The van der Waals surface area contributed by atoms with Crippen molar-refractivity contribution >= 4 is 5.97 Å². The molecule has 4 rings (SSSR count). The topological polar surface area (TPSA) is 87.0 Å². The number of hydrogen-bond acceptors (Lipinski definition) is 5. The average Bonchev–Trinajstić information content (AvgIpc) is 3.13.